The quantitative estimate of drug-likeness (QED) is 0.0484. The van der Waals surface area contributed by atoms with Gasteiger partial charge in [0.05, 0.1) is 0 Å². The summed E-state index contributed by atoms with van der Waals surface area (Å²) in [6.07, 6.45) is 105. The molecule has 496 valence electrons. The van der Waals surface area contributed by atoms with E-state index in [2.05, 4.69) is 162 Å². The summed E-state index contributed by atoms with van der Waals surface area (Å²) >= 11 is 0. The fourth-order valence-electron chi connectivity index (χ4n) is 12.3. The first kappa shape index (κ1) is 82.8. The minimum atomic E-state index is 0.441. The summed E-state index contributed by atoms with van der Waals surface area (Å²) in [6.45, 7) is 14.0. The lowest BCUT2D eigenvalue weighted by molar-refractivity contribution is 0.251. The van der Waals surface area contributed by atoms with E-state index in [4.69, 9.17) is 0 Å². The van der Waals surface area contributed by atoms with Crippen molar-refractivity contribution in [2.24, 2.45) is 17.8 Å². The van der Waals surface area contributed by atoms with Crippen LogP contribution in [0.25, 0.3) is 0 Å². The van der Waals surface area contributed by atoms with Crippen LogP contribution in [0.2, 0.25) is 0 Å². The predicted octanol–water partition coefficient (Wildman–Crippen LogP) is 26.3. The average molecular weight is 1180 g/mol. The van der Waals surface area contributed by atoms with Crippen LogP contribution in [-0.2, 0) is 0 Å². The highest BCUT2D eigenvalue weighted by Gasteiger charge is 2.13. The molecule has 0 radical (unpaired) electrons. The Morgan fingerprint density at radius 3 is 0.988 bits per heavy atom. The second-order valence-corrected chi connectivity index (χ2v) is 26.8. The molecule has 3 heteroatoms. The first-order valence-electron chi connectivity index (χ1n) is 38.2. The van der Waals surface area contributed by atoms with Gasteiger partial charge in [0.15, 0.2) is 0 Å². The summed E-state index contributed by atoms with van der Waals surface area (Å²) in [5.74, 6) is 2.18. The normalized spacial score (nSPS) is 14.0. The van der Waals surface area contributed by atoms with E-state index in [0.717, 1.165) is 44.2 Å². The van der Waals surface area contributed by atoms with Crippen LogP contribution in [0.3, 0.4) is 0 Å². The van der Waals surface area contributed by atoms with Crippen molar-refractivity contribution in [2.45, 2.75) is 355 Å². The van der Waals surface area contributed by atoms with Crippen LogP contribution < -0.4 is 5.32 Å². The molecule has 0 saturated carbocycles. The lowest BCUT2D eigenvalue weighted by atomic mass is 9.92. The molecule has 0 aliphatic heterocycles. The molecule has 0 amide bonds. The zero-order valence-electron chi connectivity index (χ0n) is 59.2. The van der Waals surface area contributed by atoms with Crippen molar-refractivity contribution in [3.63, 3.8) is 0 Å². The van der Waals surface area contributed by atoms with E-state index in [1.807, 2.05) is 0 Å². The third-order valence-corrected chi connectivity index (χ3v) is 17.9. The van der Waals surface area contributed by atoms with Crippen LogP contribution in [0.15, 0.2) is 96.7 Å². The predicted molar refractivity (Wildman–Crippen MR) is 391 cm³/mol. The summed E-state index contributed by atoms with van der Waals surface area (Å²) < 4.78 is 0. The van der Waals surface area contributed by atoms with Gasteiger partial charge in [0, 0.05) is 32.1 Å². The highest BCUT2D eigenvalue weighted by atomic mass is 15.1. The van der Waals surface area contributed by atoms with Crippen molar-refractivity contribution in [1.29, 1.82) is 0 Å². The number of nitrogens with zero attached hydrogens (tertiary/aromatic N) is 2. The Balaban J connectivity index is 4.76. The molecular formula is C82H153N3. The Labute approximate surface area is 536 Å². The Morgan fingerprint density at radius 1 is 0.329 bits per heavy atom. The summed E-state index contributed by atoms with van der Waals surface area (Å²) in [5.41, 5.74) is 1.63. The molecule has 0 aliphatic carbocycles. The van der Waals surface area contributed by atoms with Crippen LogP contribution in [0.1, 0.15) is 355 Å². The van der Waals surface area contributed by atoms with E-state index in [1.54, 1.807) is 5.57 Å². The zero-order valence-corrected chi connectivity index (χ0v) is 59.2. The van der Waals surface area contributed by atoms with Gasteiger partial charge in [-0.05, 0) is 188 Å². The van der Waals surface area contributed by atoms with Gasteiger partial charge in [-0.15, -0.1) is 0 Å². The maximum absolute atomic E-state index is 3.37. The molecule has 0 rings (SSSR count). The highest BCUT2D eigenvalue weighted by molar-refractivity contribution is 5.23. The third kappa shape index (κ3) is 64.6. The van der Waals surface area contributed by atoms with E-state index in [-0.39, 0.29) is 0 Å². The molecule has 0 saturated heterocycles. The number of hydrogen-bond donors (Lipinski definition) is 1. The molecule has 0 heterocycles. The minimum absolute atomic E-state index is 0.441. The van der Waals surface area contributed by atoms with Crippen LogP contribution in [0, 0.1) is 17.8 Å². The van der Waals surface area contributed by atoms with Crippen molar-refractivity contribution < 1.29 is 0 Å². The SMILES string of the molecule is CCCCC/C=C\C/C=C\CCCCCCCCC(CCCCCCCC/C=C\C/C(=C\CCCCC)C(/C=C\CCCCC)/C=C\CCCCCCCCC(CCCCCCCC/C=C\C/C=C\CCCCC)CN(C)CCNC)CN(C)C. The van der Waals surface area contributed by atoms with Crippen molar-refractivity contribution in [2.75, 3.05) is 54.4 Å². The fourth-order valence-corrected chi connectivity index (χ4v) is 12.3. The lowest BCUT2D eigenvalue weighted by Gasteiger charge is -2.24. The third-order valence-electron chi connectivity index (χ3n) is 17.9. The van der Waals surface area contributed by atoms with Crippen molar-refractivity contribution >= 4 is 0 Å². The van der Waals surface area contributed by atoms with Crippen molar-refractivity contribution in [3.8, 4) is 0 Å². The van der Waals surface area contributed by atoms with Gasteiger partial charge in [0.1, 0.15) is 0 Å². The van der Waals surface area contributed by atoms with Crippen LogP contribution in [0.5, 0.6) is 0 Å². The zero-order chi connectivity index (χ0) is 61.7. The number of rotatable bonds is 68. The van der Waals surface area contributed by atoms with Crippen LogP contribution in [-0.4, -0.2) is 64.2 Å². The highest BCUT2D eigenvalue weighted by Crippen LogP contribution is 2.25. The average Bonchev–Trinajstić information content (AvgIpc) is 3.56. The molecule has 0 bridgehead atoms. The largest absolute Gasteiger partial charge is 0.318 e. The topological polar surface area (TPSA) is 18.5 Å². The summed E-state index contributed by atoms with van der Waals surface area (Å²) in [7, 11) is 8.98. The van der Waals surface area contributed by atoms with Crippen molar-refractivity contribution in [3.05, 3.63) is 96.7 Å². The van der Waals surface area contributed by atoms with Gasteiger partial charge >= 0.3 is 0 Å². The summed E-state index contributed by atoms with van der Waals surface area (Å²) in [4.78, 5) is 5.03. The maximum atomic E-state index is 3.37. The molecule has 85 heavy (non-hydrogen) atoms. The summed E-state index contributed by atoms with van der Waals surface area (Å²) in [6, 6.07) is 0. The number of nitrogens with one attached hydrogen (secondary N) is 1. The minimum Gasteiger partial charge on any atom is -0.318 e. The second kappa shape index (κ2) is 70.9. The number of hydrogen-bond acceptors (Lipinski definition) is 3. The van der Waals surface area contributed by atoms with Crippen molar-refractivity contribution in [1.82, 2.24) is 15.1 Å². The molecule has 0 aromatic carbocycles. The molecule has 1 N–H and O–H groups in total. The van der Waals surface area contributed by atoms with Gasteiger partial charge in [-0.3, -0.25) is 0 Å². The Kier molecular flexibility index (Phi) is 69.0. The van der Waals surface area contributed by atoms with Gasteiger partial charge < -0.3 is 15.1 Å². The molecule has 0 spiro atoms. The first-order valence-corrected chi connectivity index (χ1v) is 38.2. The Bertz CT molecular complexity index is 1540. The molecule has 0 fully saturated rings. The first-order chi connectivity index (χ1) is 41.9. The van der Waals surface area contributed by atoms with Gasteiger partial charge in [-0.2, -0.15) is 0 Å². The van der Waals surface area contributed by atoms with Gasteiger partial charge in [0.25, 0.3) is 0 Å². The van der Waals surface area contributed by atoms with E-state index in [1.165, 1.54) is 321 Å². The molecule has 0 aromatic rings. The lowest BCUT2D eigenvalue weighted by Crippen LogP contribution is -2.31. The van der Waals surface area contributed by atoms with Gasteiger partial charge in [-0.1, -0.05) is 304 Å². The molecular weight excluding hydrogens is 1030 g/mol. The molecule has 0 aliphatic rings. The summed E-state index contributed by atoms with van der Waals surface area (Å²) in [5, 5.41) is 3.37. The van der Waals surface area contributed by atoms with E-state index < -0.39 is 0 Å². The number of unbranched alkanes of at least 4 members (excludes halogenated alkanes) is 36. The molecule has 0 aromatic heterocycles. The standard InChI is InChI=1S/C82H153N3/c1-9-13-17-21-23-25-27-29-31-33-35-37-40-46-53-59-67-79(77-84(6)7)68-60-54-47-42-39-43-50-57-65-73-81(71-63-20-16-12-4)82(72-64-52-19-15-11-3)74-66-58-51-45-44-49-56-62-70-80(78-85(8)76-75-83-5)69-61-55-48-41-38-36-34-32-30-28-26-24-22-18-14-10-2/h23-26,29-32,57,64-66,71-72,74,79-80,82-83H,9-22,27-28,33-56,58-63,67-70,73,75-78H2,1-8H3/b25-23-,26-24-,31-29-,32-30-,65-57-,72-64-,74-66-,81-71+. The molecule has 3 nitrogen and oxygen atoms in total. The van der Waals surface area contributed by atoms with E-state index >= 15 is 0 Å². The van der Waals surface area contributed by atoms with E-state index in [0.29, 0.717) is 5.92 Å². The Morgan fingerprint density at radius 2 is 0.635 bits per heavy atom. The van der Waals surface area contributed by atoms with E-state index in [9.17, 15) is 0 Å². The molecule has 3 atom stereocenters. The number of likely N-dealkylation sites (N-methyl/N-ethyl adjacent to an activating group) is 2. The number of allylic oxidation sites excluding steroid dienone is 16. The van der Waals surface area contributed by atoms with Crippen LogP contribution in [0.4, 0.5) is 0 Å². The van der Waals surface area contributed by atoms with Crippen LogP contribution >= 0.6 is 0 Å². The van der Waals surface area contributed by atoms with Gasteiger partial charge in [0.2, 0.25) is 0 Å². The van der Waals surface area contributed by atoms with Gasteiger partial charge in [-0.25, -0.2) is 0 Å². The maximum Gasteiger partial charge on any atom is 0.0160 e. The monoisotopic (exact) mass is 1180 g/mol. The Hall–Kier alpha value is -2.20. The fraction of sp³-hybridized carbons (Fsp3) is 0.805. The molecule has 3 unspecified atom stereocenters. The second-order valence-electron chi connectivity index (χ2n) is 26.8. The smallest absolute Gasteiger partial charge is 0.0160 e.